The van der Waals surface area contributed by atoms with Crippen LogP contribution in [0.3, 0.4) is 0 Å². The number of hydrogen-bond donors (Lipinski definition) is 3. The van der Waals surface area contributed by atoms with Gasteiger partial charge in [-0.1, -0.05) is 11.6 Å². The average molecular weight is 541 g/mol. The number of nitrogens with zero attached hydrogens (tertiary/aromatic N) is 1. The van der Waals surface area contributed by atoms with Crippen LogP contribution in [0.5, 0.6) is 0 Å². The van der Waals surface area contributed by atoms with Crippen molar-refractivity contribution in [3.8, 4) is 0 Å². The first-order valence-corrected chi connectivity index (χ1v) is 13.8. The molecule has 3 N–H and O–H groups in total. The van der Waals surface area contributed by atoms with E-state index in [0.29, 0.717) is 29.2 Å². The average Bonchev–Trinajstić information content (AvgIpc) is 2.84. The Bertz CT molecular complexity index is 1440. The lowest BCUT2D eigenvalue weighted by atomic mass is 10.1. The van der Waals surface area contributed by atoms with Crippen molar-refractivity contribution >= 4 is 62.1 Å². The van der Waals surface area contributed by atoms with E-state index in [-0.39, 0.29) is 22.8 Å². The second-order valence-electron chi connectivity index (χ2n) is 8.60. The molecule has 0 saturated carbocycles. The van der Waals surface area contributed by atoms with Crippen molar-refractivity contribution in [3.05, 3.63) is 82.9 Å². The van der Waals surface area contributed by atoms with Crippen LogP contribution in [0.1, 0.15) is 40.0 Å². The van der Waals surface area contributed by atoms with Crippen LogP contribution < -0.4 is 20.3 Å². The van der Waals surface area contributed by atoms with Crippen molar-refractivity contribution < 1.29 is 22.8 Å². The molecule has 1 saturated heterocycles. The number of rotatable bonds is 7. The van der Waals surface area contributed by atoms with Crippen molar-refractivity contribution in [2.45, 2.75) is 19.3 Å². The number of carbonyl (C=O) groups excluding carboxylic acids is 3. The van der Waals surface area contributed by atoms with Gasteiger partial charge in [0, 0.05) is 34.9 Å². The van der Waals surface area contributed by atoms with Crippen molar-refractivity contribution in [2.75, 3.05) is 33.1 Å². The Morgan fingerprint density at radius 2 is 1.54 bits per heavy atom. The van der Waals surface area contributed by atoms with E-state index in [9.17, 15) is 22.8 Å². The van der Waals surface area contributed by atoms with Crippen molar-refractivity contribution in [1.29, 1.82) is 0 Å². The van der Waals surface area contributed by atoms with Gasteiger partial charge in [-0.2, -0.15) is 0 Å². The molecule has 192 valence electrons. The molecule has 1 aliphatic rings. The van der Waals surface area contributed by atoms with Gasteiger partial charge in [0.1, 0.15) is 0 Å². The highest BCUT2D eigenvalue weighted by Crippen LogP contribution is 2.26. The molecule has 11 heteroatoms. The van der Waals surface area contributed by atoms with Crippen molar-refractivity contribution in [2.24, 2.45) is 0 Å². The van der Waals surface area contributed by atoms with Crippen LogP contribution >= 0.6 is 11.6 Å². The van der Waals surface area contributed by atoms with Crippen LogP contribution in [0.25, 0.3) is 0 Å². The second kappa shape index (κ2) is 11.0. The van der Waals surface area contributed by atoms with Gasteiger partial charge in [-0.05, 0) is 79.6 Å². The molecule has 0 spiro atoms. The van der Waals surface area contributed by atoms with E-state index < -0.39 is 21.8 Å². The van der Waals surface area contributed by atoms with E-state index in [0.717, 1.165) is 24.8 Å². The molecule has 3 aromatic carbocycles. The number of hydrogen-bond acceptors (Lipinski definition) is 5. The molecule has 1 fully saturated rings. The zero-order valence-electron chi connectivity index (χ0n) is 20.0. The normalized spacial score (nSPS) is 13.7. The number of anilines is 4. The van der Waals surface area contributed by atoms with Crippen LogP contribution in [0.4, 0.5) is 22.7 Å². The first kappa shape index (κ1) is 26.2. The molecule has 3 aromatic rings. The van der Waals surface area contributed by atoms with Gasteiger partial charge in [0.25, 0.3) is 11.8 Å². The van der Waals surface area contributed by atoms with Crippen LogP contribution in [-0.2, 0) is 14.8 Å². The number of benzene rings is 3. The third kappa shape index (κ3) is 6.87. The van der Waals surface area contributed by atoms with E-state index in [4.69, 9.17) is 11.6 Å². The quantitative estimate of drug-likeness (QED) is 0.399. The third-order valence-corrected chi connectivity index (χ3v) is 6.54. The summed E-state index contributed by atoms with van der Waals surface area (Å²) in [6, 6.07) is 17.3. The van der Waals surface area contributed by atoms with Crippen LogP contribution in [0.15, 0.2) is 66.7 Å². The number of amides is 3. The number of carbonyl (C=O) groups is 3. The number of halogens is 1. The summed E-state index contributed by atoms with van der Waals surface area (Å²) in [6.45, 7) is 0.662. The zero-order chi connectivity index (χ0) is 26.6. The summed E-state index contributed by atoms with van der Waals surface area (Å²) in [7, 11) is -3.58. The molecule has 0 atom stereocenters. The predicted octanol–water partition coefficient (Wildman–Crippen LogP) is 4.73. The summed E-state index contributed by atoms with van der Waals surface area (Å²) < 4.78 is 25.7. The van der Waals surface area contributed by atoms with Gasteiger partial charge in [0.2, 0.25) is 15.9 Å². The lowest BCUT2D eigenvalue weighted by molar-refractivity contribution is -0.119. The molecule has 4 rings (SSSR count). The highest BCUT2D eigenvalue weighted by atomic mass is 35.5. The first-order chi connectivity index (χ1) is 17.6. The minimum Gasteiger partial charge on any atom is -0.322 e. The molecule has 3 amide bonds. The lowest BCUT2D eigenvalue weighted by Gasteiger charge is -2.26. The van der Waals surface area contributed by atoms with Crippen LogP contribution in [-0.4, -0.2) is 38.9 Å². The monoisotopic (exact) mass is 540 g/mol. The van der Waals surface area contributed by atoms with Crippen LogP contribution in [0.2, 0.25) is 5.02 Å². The Kier molecular flexibility index (Phi) is 7.80. The Balaban J connectivity index is 1.57. The van der Waals surface area contributed by atoms with Gasteiger partial charge in [0.15, 0.2) is 0 Å². The summed E-state index contributed by atoms with van der Waals surface area (Å²) in [5, 5.41) is 5.92. The molecular formula is C26H25ClN4O5S. The summed E-state index contributed by atoms with van der Waals surface area (Å²) in [4.78, 5) is 39.9. The van der Waals surface area contributed by atoms with Gasteiger partial charge in [-0.3, -0.25) is 19.1 Å². The highest BCUT2D eigenvalue weighted by Gasteiger charge is 2.20. The molecule has 1 aliphatic heterocycles. The minimum atomic E-state index is -3.58. The lowest BCUT2D eigenvalue weighted by Crippen LogP contribution is -2.35. The van der Waals surface area contributed by atoms with Gasteiger partial charge in [0.05, 0.1) is 23.2 Å². The highest BCUT2D eigenvalue weighted by molar-refractivity contribution is 7.92. The van der Waals surface area contributed by atoms with Crippen molar-refractivity contribution in [1.82, 2.24) is 0 Å². The molecule has 0 bridgehead atoms. The van der Waals surface area contributed by atoms with Gasteiger partial charge in [-0.25, -0.2) is 8.42 Å². The standard InChI is InChI=1S/C26H25ClN4O5S/c1-37(35,36)30-20-11-14-22(23(16-20)29-25(33)17-5-7-18(27)8-6-17)26(34)28-19-9-12-21(13-10-19)31-15-3-2-4-24(31)32/h5-14,16,30H,2-4,15H2,1H3,(H,28,34)(H,29,33). The summed E-state index contributed by atoms with van der Waals surface area (Å²) >= 11 is 5.89. The van der Waals surface area contributed by atoms with Crippen LogP contribution in [0, 0.1) is 0 Å². The Morgan fingerprint density at radius 3 is 2.19 bits per heavy atom. The zero-order valence-corrected chi connectivity index (χ0v) is 21.5. The Morgan fingerprint density at radius 1 is 0.865 bits per heavy atom. The number of piperidine rings is 1. The summed E-state index contributed by atoms with van der Waals surface area (Å²) in [5.41, 5.74) is 1.97. The molecule has 0 unspecified atom stereocenters. The van der Waals surface area contributed by atoms with E-state index in [1.807, 2.05) is 0 Å². The summed E-state index contributed by atoms with van der Waals surface area (Å²) in [6.07, 6.45) is 3.35. The topological polar surface area (TPSA) is 125 Å². The van der Waals surface area contributed by atoms with E-state index in [1.54, 1.807) is 41.3 Å². The molecule has 0 aliphatic carbocycles. The second-order valence-corrected chi connectivity index (χ2v) is 10.8. The molecule has 9 nitrogen and oxygen atoms in total. The fraction of sp³-hybridized carbons (Fsp3) is 0.192. The summed E-state index contributed by atoms with van der Waals surface area (Å²) in [5.74, 6) is -0.941. The first-order valence-electron chi connectivity index (χ1n) is 11.5. The van der Waals surface area contributed by atoms with Gasteiger partial charge < -0.3 is 15.5 Å². The SMILES string of the molecule is CS(=O)(=O)Nc1ccc(C(=O)Nc2ccc(N3CCCCC3=O)cc2)c(NC(=O)c2ccc(Cl)cc2)c1. The molecule has 37 heavy (non-hydrogen) atoms. The minimum absolute atomic E-state index is 0.0758. The maximum absolute atomic E-state index is 13.1. The van der Waals surface area contributed by atoms with Crippen molar-refractivity contribution in [3.63, 3.8) is 0 Å². The Hall–Kier alpha value is -3.89. The van der Waals surface area contributed by atoms with Gasteiger partial charge in [-0.15, -0.1) is 0 Å². The predicted molar refractivity (Wildman–Crippen MR) is 145 cm³/mol. The fourth-order valence-electron chi connectivity index (χ4n) is 3.92. The fourth-order valence-corrected chi connectivity index (χ4v) is 4.60. The molecular weight excluding hydrogens is 516 g/mol. The van der Waals surface area contributed by atoms with E-state index >= 15 is 0 Å². The molecule has 1 heterocycles. The maximum atomic E-state index is 13.1. The maximum Gasteiger partial charge on any atom is 0.257 e. The third-order valence-electron chi connectivity index (χ3n) is 5.68. The molecule has 0 radical (unpaired) electrons. The van der Waals surface area contributed by atoms with E-state index in [2.05, 4.69) is 15.4 Å². The smallest absolute Gasteiger partial charge is 0.257 e. The largest absolute Gasteiger partial charge is 0.322 e. The van der Waals surface area contributed by atoms with Gasteiger partial charge >= 0.3 is 0 Å². The number of nitrogens with one attached hydrogen (secondary N) is 3. The molecule has 0 aromatic heterocycles. The number of sulfonamides is 1. The Labute approximate surface area is 219 Å². The van der Waals surface area contributed by atoms with E-state index in [1.165, 1.54) is 30.3 Å².